The molecular formula is C3H7NO2S. The summed E-state index contributed by atoms with van der Waals surface area (Å²) in [5.74, 6) is -0.981. The highest BCUT2D eigenvalue weighted by Gasteiger charge is 1.73. The standard InChI is InChI=1S/C3H4O2.H3NS/c1-2-3(4)5;1-2/h2H,1H2,(H,4,5);2H,1H2. The summed E-state index contributed by atoms with van der Waals surface area (Å²) >= 11 is 3.03. The minimum absolute atomic E-state index is 0.833. The molecule has 0 unspecified atom stereocenters. The third-order valence-electron chi connectivity index (χ3n) is 0.175. The van der Waals surface area contributed by atoms with Crippen LogP contribution in [0.5, 0.6) is 0 Å². The lowest BCUT2D eigenvalue weighted by molar-refractivity contribution is -0.131. The van der Waals surface area contributed by atoms with Gasteiger partial charge < -0.3 is 5.11 Å². The quantitative estimate of drug-likeness (QED) is 0.339. The number of carbonyl (C=O) groups is 1. The number of hydrogen-bond acceptors (Lipinski definition) is 3. The minimum Gasteiger partial charge on any atom is -0.478 e. The SMILES string of the molecule is C=CC(=O)O.NS. The molecule has 7 heavy (non-hydrogen) atoms. The van der Waals surface area contributed by atoms with Crippen LogP contribution in [0.25, 0.3) is 0 Å². The predicted octanol–water partition coefficient (Wildman–Crippen LogP) is 0.0469. The highest BCUT2D eigenvalue weighted by Crippen LogP contribution is 1.54. The molecule has 4 heteroatoms. The Hall–Kier alpha value is -0.480. The van der Waals surface area contributed by atoms with E-state index in [1.54, 1.807) is 0 Å². The van der Waals surface area contributed by atoms with Gasteiger partial charge in [-0.2, -0.15) is 0 Å². The highest BCUT2D eigenvalue weighted by molar-refractivity contribution is 7.77. The first kappa shape index (κ1) is 9.72. The Kier molecular flexibility index (Phi) is 12.6. The molecular weight excluding hydrogens is 114 g/mol. The van der Waals surface area contributed by atoms with Gasteiger partial charge in [-0.3, -0.25) is 5.14 Å². The fraction of sp³-hybridized carbons (Fsp3) is 0. The molecule has 0 bridgehead atoms. The van der Waals surface area contributed by atoms with Gasteiger partial charge >= 0.3 is 5.97 Å². The molecule has 0 aromatic heterocycles. The maximum absolute atomic E-state index is 9.25. The molecule has 42 valence electrons. The number of thiol groups is 1. The second-order valence-electron chi connectivity index (χ2n) is 0.542. The smallest absolute Gasteiger partial charge is 0.327 e. The largest absolute Gasteiger partial charge is 0.478 e. The van der Waals surface area contributed by atoms with E-state index in [1.165, 1.54) is 0 Å². The molecule has 3 nitrogen and oxygen atoms in total. The van der Waals surface area contributed by atoms with Gasteiger partial charge in [-0.25, -0.2) is 4.79 Å². The van der Waals surface area contributed by atoms with Crippen molar-refractivity contribution in [3.63, 3.8) is 0 Å². The van der Waals surface area contributed by atoms with Gasteiger partial charge in [0.1, 0.15) is 0 Å². The Morgan fingerprint density at radius 2 is 2.00 bits per heavy atom. The van der Waals surface area contributed by atoms with Crippen molar-refractivity contribution in [3.05, 3.63) is 12.7 Å². The van der Waals surface area contributed by atoms with Crippen LogP contribution in [0.3, 0.4) is 0 Å². The molecule has 0 aromatic carbocycles. The lowest BCUT2D eigenvalue weighted by atomic mass is 10.7. The minimum atomic E-state index is -0.981. The van der Waals surface area contributed by atoms with Crippen LogP contribution in [0.4, 0.5) is 0 Å². The zero-order valence-electron chi connectivity index (χ0n) is 3.66. The molecule has 0 aliphatic carbocycles. The van der Waals surface area contributed by atoms with Crippen LogP contribution < -0.4 is 5.14 Å². The molecule has 0 aliphatic heterocycles. The first-order chi connectivity index (χ1) is 3.27. The van der Waals surface area contributed by atoms with E-state index in [0.717, 1.165) is 6.08 Å². The Bertz CT molecular complexity index is 64.0. The first-order valence-electron chi connectivity index (χ1n) is 1.38. The first-order valence-corrected chi connectivity index (χ1v) is 1.90. The third kappa shape index (κ3) is 29.6. The average molecular weight is 121 g/mol. The van der Waals surface area contributed by atoms with Gasteiger partial charge in [0.05, 0.1) is 0 Å². The number of carboxylic acid groups (broad SMARTS) is 1. The van der Waals surface area contributed by atoms with Crippen molar-refractivity contribution in [1.29, 1.82) is 0 Å². The van der Waals surface area contributed by atoms with Crippen molar-refractivity contribution in [1.82, 2.24) is 0 Å². The second-order valence-corrected chi connectivity index (χ2v) is 0.542. The molecule has 0 aliphatic rings. The van der Waals surface area contributed by atoms with Gasteiger partial charge in [0, 0.05) is 6.08 Å². The normalized spacial score (nSPS) is 5.43. The molecule has 0 radical (unpaired) electrons. The van der Waals surface area contributed by atoms with E-state index in [4.69, 9.17) is 5.11 Å². The molecule has 0 amide bonds. The molecule has 0 spiro atoms. The third-order valence-corrected chi connectivity index (χ3v) is 0.175. The Balaban J connectivity index is 0. The molecule has 0 fully saturated rings. The number of hydrogen-bond donors (Lipinski definition) is 3. The zero-order chi connectivity index (χ0) is 6.28. The molecule has 0 aromatic rings. The van der Waals surface area contributed by atoms with E-state index in [-0.39, 0.29) is 0 Å². The Labute approximate surface area is 47.4 Å². The predicted molar refractivity (Wildman–Crippen MR) is 31.0 cm³/mol. The second kappa shape index (κ2) is 9.10. The summed E-state index contributed by atoms with van der Waals surface area (Å²) < 4.78 is 0. The lowest BCUT2D eigenvalue weighted by Gasteiger charge is -1.64. The van der Waals surface area contributed by atoms with Crippen molar-refractivity contribution in [3.8, 4) is 0 Å². The summed E-state index contributed by atoms with van der Waals surface area (Å²) in [6.07, 6.45) is 0.833. The van der Waals surface area contributed by atoms with E-state index >= 15 is 0 Å². The topological polar surface area (TPSA) is 63.3 Å². The van der Waals surface area contributed by atoms with E-state index in [0.29, 0.717) is 0 Å². The summed E-state index contributed by atoms with van der Waals surface area (Å²) in [6, 6.07) is 0. The summed E-state index contributed by atoms with van der Waals surface area (Å²) in [5, 5.41) is 11.8. The van der Waals surface area contributed by atoms with Crippen LogP contribution in [0, 0.1) is 0 Å². The van der Waals surface area contributed by atoms with E-state index in [1.807, 2.05) is 0 Å². The monoisotopic (exact) mass is 121 g/mol. The van der Waals surface area contributed by atoms with Gasteiger partial charge in [0.2, 0.25) is 0 Å². The van der Waals surface area contributed by atoms with E-state index in [2.05, 4.69) is 24.5 Å². The molecule has 0 atom stereocenters. The van der Waals surface area contributed by atoms with Crippen molar-refractivity contribution in [2.45, 2.75) is 0 Å². The number of rotatable bonds is 1. The summed E-state index contributed by atoms with van der Waals surface area (Å²) in [6.45, 7) is 2.96. The summed E-state index contributed by atoms with van der Waals surface area (Å²) in [7, 11) is 0. The van der Waals surface area contributed by atoms with Crippen LogP contribution in [0.1, 0.15) is 0 Å². The van der Waals surface area contributed by atoms with Crippen molar-refractivity contribution >= 4 is 18.8 Å². The highest BCUT2D eigenvalue weighted by atomic mass is 32.1. The summed E-state index contributed by atoms with van der Waals surface area (Å²) in [4.78, 5) is 9.25. The van der Waals surface area contributed by atoms with Crippen molar-refractivity contribution in [2.75, 3.05) is 0 Å². The van der Waals surface area contributed by atoms with Crippen molar-refractivity contribution in [2.24, 2.45) is 5.14 Å². The van der Waals surface area contributed by atoms with Crippen LogP contribution in [-0.4, -0.2) is 11.1 Å². The fourth-order valence-electron chi connectivity index (χ4n) is 0. The van der Waals surface area contributed by atoms with Crippen molar-refractivity contribution < 1.29 is 9.90 Å². The average Bonchev–Trinajstić information content (AvgIpc) is 1.73. The molecule has 0 saturated carbocycles. The maximum atomic E-state index is 9.25. The molecule has 3 N–H and O–H groups in total. The lowest BCUT2D eigenvalue weighted by Crippen LogP contribution is -1.82. The number of nitrogens with two attached hydrogens (primary N) is 1. The fourth-order valence-corrected chi connectivity index (χ4v) is 0. The van der Waals surface area contributed by atoms with Gasteiger partial charge in [-0.05, 0) is 0 Å². The molecule has 0 saturated heterocycles. The van der Waals surface area contributed by atoms with Gasteiger partial charge in [0.15, 0.2) is 0 Å². The Morgan fingerprint density at radius 1 is 1.86 bits per heavy atom. The van der Waals surface area contributed by atoms with Gasteiger partial charge in [-0.1, -0.05) is 6.58 Å². The summed E-state index contributed by atoms with van der Waals surface area (Å²) in [5.41, 5.74) is 0. The molecule has 0 heterocycles. The number of carboxylic acids is 1. The van der Waals surface area contributed by atoms with Crippen LogP contribution in [0.2, 0.25) is 0 Å². The van der Waals surface area contributed by atoms with Crippen LogP contribution in [0.15, 0.2) is 12.7 Å². The zero-order valence-corrected chi connectivity index (χ0v) is 4.56. The van der Waals surface area contributed by atoms with E-state index in [9.17, 15) is 4.79 Å². The van der Waals surface area contributed by atoms with Crippen LogP contribution in [-0.2, 0) is 4.79 Å². The van der Waals surface area contributed by atoms with Gasteiger partial charge in [0.25, 0.3) is 0 Å². The number of aliphatic carboxylic acids is 1. The Morgan fingerprint density at radius 3 is 2.00 bits per heavy atom. The maximum Gasteiger partial charge on any atom is 0.327 e. The van der Waals surface area contributed by atoms with Gasteiger partial charge in [-0.15, -0.1) is 12.8 Å². The van der Waals surface area contributed by atoms with E-state index < -0.39 is 5.97 Å². The van der Waals surface area contributed by atoms with Crippen LogP contribution >= 0.6 is 12.8 Å². The molecule has 0 rings (SSSR count).